The van der Waals surface area contributed by atoms with Crippen LogP contribution in [0.25, 0.3) is 0 Å². The molecule has 1 saturated heterocycles. The number of rotatable bonds is 7. The molecule has 0 atom stereocenters. The molecule has 0 spiro atoms. The van der Waals surface area contributed by atoms with Gasteiger partial charge in [0, 0.05) is 29.9 Å². The molecule has 0 saturated carbocycles. The number of nitrogens with zero attached hydrogens (tertiary/aromatic N) is 1. The lowest BCUT2D eigenvalue weighted by atomic mass is 9.80. The van der Waals surface area contributed by atoms with E-state index >= 15 is 0 Å². The Morgan fingerprint density at radius 1 is 1.17 bits per heavy atom. The van der Waals surface area contributed by atoms with Gasteiger partial charge in [-0.05, 0) is 48.0 Å². The van der Waals surface area contributed by atoms with E-state index in [2.05, 4.69) is 0 Å². The summed E-state index contributed by atoms with van der Waals surface area (Å²) in [5, 5.41) is 22.2. The molecule has 0 unspecified atom stereocenters. The number of aliphatic hydroxyl groups is 1. The standard InChI is InChI=1S/C17H31NO6/c1-15(2)9-12(24-14(21)8-7-13(19)20)10-16(3,4)18(15)23-11-17(5,6)22/h12,22H,7-11H2,1-6H3,(H,19,20)/p-1. The molecule has 0 aliphatic carbocycles. The SMILES string of the molecule is CC(C)(O)CON1C(C)(C)CC(OC(=O)CCC(=O)[O-])CC1(C)C. The van der Waals surface area contributed by atoms with Crippen molar-refractivity contribution >= 4 is 11.9 Å². The highest BCUT2D eigenvalue weighted by Gasteiger charge is 2.48. The molecular formula is C17H30NO6-. The molecule has 1 N–H and O–H groups in total. The lowest BCUT2D eigenvalue weighted by molar-refractivity contribution is -0.308. The Labute approximate surface area is 143 Å². The minimum absolute atomic E-state index is 0.163. The van der Waals surface area contributed by atoms with Gasteiger partial charge in [-0.15, -0.1) is 0 Å². The zero-order valence-electron chi connectivity index (χ0n) is 15.5. The van der Waals surface area contributed by atoms with Crippen molar-refractivity contribution in [2.45, 2.75) is 90.0 Å². The zero-order chi connectivity index (χ0) is 18.8. The fourth-order valence-corrected chi connectivity index (χ4v) is 3.28. The Kier molecular flexibility index (Phi) is 6.41. The topological polar surface area (TPSA) is 99.1 Å². The maximum absolute atomic E-state index is 11.8. The number of hydrogen-bond donors (Lipinski definition) is 1. The fourth-order valence-electron chi connectivity index (χ4n) is 3.28. The van der Waals surface area contributed by atoms with Crippen molar-refractivity contribution in [3.63, 3.8) is 0 Å². The highest BCUT2D eigenvalue weighted by atomic mass is 16.7. The summed E-state index contributed by atoms with van der Waals surface area (Å²) in [6, 6.07) is 0. The normalized spacial score (nSPS) is 21.5. The summed E-state index contributed by atoms with van der Waals surface area (Å²) in [5.41, 5.74) is -1.76. The third-order valence-corrected chi connectivity index (χ3v) is 3.93. The van der Waals surface area contributed by atoms with E-state index in [9.17, 15) is 19.8 Å². The number of carbonyl (C=O) groups is 2. The quantitative estimate of drug-likeness (QED) is 0.681. The fraction of sp³-hybridized carbons (Fsp3) is 0.882. The van der Waals surface area contributed by atoms with Crippen LogP contribution in [-0.2, 0) is 19.2 Å². The first-order chi connectivity index (χ1) is 10.7. The van der Waals surface area contributed by atoms with Gasteiger partial charge in [0.2, 0.25) is 0 Å². The van der Waals surface area contributed by atoms with E-state index in [1.807, 2.05) is 32.8 Å². The number of carboxylic acids is 1. The predicted molar refractivity (Wildman–Crippen MR) is 85.6 cm³/mol. The van der Waals surface area contributed by atoms with Crippen molar-refractivity contribution in [3.05, 3.63) is 0 Å². The summed E-state index contributed by atoms with van der Waals surface area (Å²) in [4.78, 5) is 28.1. The Hall–Kier alpha value is -1.18. The van der Waals surface area contributed by atoms with E-state index < -0.39 is 28.6 Å². The Morgan fingerprint density at radius 3 is 2.08 bits per heavy atom. The van der Waals surface area contributed by atoms with Crippen molar-refractivity contribution < 1.29 is 29.4 Å². The third-order valence-electron chi connectivity index (χ3n) is 3.93. The molecular weight excluding hydrogens is 314 g/mol. The molecule has 1 fully saturated rings. The molecule has 24 heavy (non-hydrogen) atoms. The van der Waals surface area contributed by atoms with E-state index in [-0.39, 0.29) is 25.6 Å². The van der Waals surface area contributed by atoms with Gasteiger partial charge in [-0.3, -0.25) is 9.63 Å². The Bertz CT molecular complexity index is 448. The second-order valence-electron chi connectivity index (χ2n) is 8.40. The number of hydrogen-bond acceptors (Lipinski definition) is 7. The first kappa shape index (κ1) is 20.9. The van der Waals surface area contributed by atoms with Gasteiger partial charge in [0.15, 0.2) is 0 Å². The Balaban J connectivity index is 2.72. The van der Waals surface area contributed by atoms with Crippen LogP contribution in [0.5, 0.6) is 0 Å². The number of piperidine rings is 1. The maximum atomic E-state index is 11.8. The van der Waals surface area contributed by atoms with Crippen LogP contribution in [0.1, 0.15) is 67.2 Å². The Morgan fingerprint density at radius 2 is 1.67 bits per heavy atom. The van der Waals surface area contributed by atoms with E-state index in [1.54, 1.807) is 13.8 Å². The van der Waals surface area contributed by atoms with Crippen LogP contribution in [-0.4, -0.2) is 51.5 Å². The number of ether oxygens (including phenoxy) is 1. The lowest BCUT2D eigenvalue weighted by Crippen LogP contribution is -2.62. The predicted octanol–water partition coefficient (Wildman–Crippen LogP) is 0.784. The molecule has 7 nitrogen and oxygen atoms in total. The van der Waals surface area contributed by atoms with Gasteiger partial charge in [0.25, 0.3) is 0 Å². The molecule has 0 bridgehead atoms. The van der Waals surface area contributed by atoms with Crippen molar-refractivity contribution in [2.24, 2.45) is 0 Å². The molecule has 1 aliphatic heterocycles. The third kappa shape index (κ3) is 6.37. The molecule has 0 radical (unpaired) electrons. The largest absolute Gasteiger partial charge is 0.550 e. The van der Waals surface area contributed by atoms with Crippen molar-refractivity contribution in [2.75, 3.05) is 6.61 Å². The van der Waals surface area contributed by atoms with E-state index in [0.29, 0.717) is 12.8 Å². The molecule has 0 amide bonds. The van der Waals surface area contributed by atoms with Crippen LogP contribution in [0.4, 0.5) is 0 Å². The number of carbonyl (C=O) groups excluding carboxylic acids is 2. The van der Waals surface area contributed by atoms with Gasteiger partial charge >= 0.3 is 5.97 Å². The van der Waals surface area contributed by atoms with E-state index in [4.69, 9.17) is 9.57 Å². The van der Waals surface area contributed by atoms with Crippen molar-refractivity contribution in [3.8, 4) is 0 Å². The van der Waals surface area contributed by atoms with Crippen molar-refractivity contribution in [1.29, 1.82) is 0 Å². The highest BCUT2D eigenvalue weighted by Crippen LogP contribution is 2.40. The number of aliphatic carboxylic acids is 1. The van der Waals surface area contributed by atoms with Gasteiger partial charge < -0.3 is 19.7 Å². The monoisotopic (exact) mass is 344 g/mol. The molecule has 0 aromatic heterocycles. The van der Waals surface area contributed by atoms with Gasteiger partial charge in [-0.1, -0.05) is 0 Å². The highest BCUT2D eigenvalue weighted by molar-refractivity contribution is 5.75. The smallest absolute Gasteiger partial charge is 0.306 e. The molecule has 0 aromatic carbocycles. The van der Waals surface area contributed by atoms with Crippen LogP contribution in [0.15, 0.2) is 0 Å². The van der Waals surface area contributed by atoms with E-state index in [1.165, 1.54) is 0 Å². The number of esters is 1. The van der Waals surface area contributed by atoms with Crippen LogP contribution in [0.3, 0.4) is 0 Å². The second kappa shape index (κ2) is 7.37. The minimum Gasteiger partial charge on any atom is -0.550 e. The van der Waals surface area contributed by atoms with Crippen LogP contribution >= 0.6 is 0 Å². The van der Waals surface area contributed by atoms with E-state index in [0.717, 1.165) is 0 Å². The summed E-state index contributed by atoms with van der Waals surface area (Å²) < 4.78 is 5.45. The first-order valence-corrected chi connectivity index (χ1v) is 8.28. The van der Waals surface area contributed by atoms with Crippen LogP contribution < -0.4 is 5.11 Å². The maximum Gasteiger partial charge on any atom is 0.306 e. The summed E-state index contributed by atoms with van der Waals surface area (Å²) >= 11 is 0. The van der Waals surface area contributed by atoms with Gasteiger partial charge in [-0.2, -0.15) is 5.06 Å². The molecule has 140 valence electrons. The first-order valence-electron chi connectivity index (χ1n) is 8.28. The average Bonchev–Trinajstić information content (AvgIpc) is 2.31. The molecule has 1 heterocycles. The average molecular weight is 344 g/mol. The number of hydroxylamine groups is 2. The van der Waals surface area contributed by atoms with Crippen molar-refractivity contribution in [1.82, 2.24) is 5.06 Å². The lowest BCUT2D eigenvalue weighted by Gasteiger charge is -2.53. The molecule has 1 rings (SSSR count). The number of carboxylic acid groups (broad SMARTS) is 1. The summed E-state index contributed by atoms with van der Waals surface area (Å²) in [6.45, 7) is 11.5. The van der Waals surface area contributed by atoms with Gasteiger partial charge in [0.1, 0.15) is 6.10 Å². The molecule has 1 aliphatic rings. The second-order valence-corrected chi connectivity index (χ2v) is 8.40. The van der Waals surface area contributed by atoms with Crippen LogP contribution in [0.2, 0.25) is 0 Å². The van der Waals surface area contributed by atoms with Gasteiger partial charge in [0.05, 0.1) is 18.6 Å². The molecule has 7 heteroatoms. The molecule has 0 aromatic rings. The summed E-state index contributed by atoms with van der Waals surface area (Å²) in [7, 11) is 0. The summed E-state index contributed by atoms with van der Waals surface area (Å²) in [6.07, 6.45) is 0.280. The minimum atomic E-state index is -1.26. The van der Waals surface area contributed by atoms with Gasteiger partial charge in [-0.25, -0.2) is 0 Å². The summed E-state index contributed by atoms with van der Waals surface area (Å²) in [5.74, 6) is -1.79. The zero-order valence-corrected chi connectivity index (χ0v) is 15.5. The van der Waals surface area contributed by atoms with Crippen LogP contribution in [0, 0.1) is 0 Å².